The highest BCUT2D eigenvalue weighted by Crippen LogP contribution is 2.51. The van der Waals surface area contributed by atoms with Crippen LogP contribution in [0.15, 0.2) is 206 Å². The molecule has 0 aliphatic heterocycles. The van der Waals surface area contributed by atoms with Gasteiger partial charge < -0.3 is 4.90 Å². The Morgan fingerprint density at radius 1 is 0.339 bits per heavy atom. The topological polar surface area (TPSA) is 16.1 Å². The van der Waals surface area contributed by atoms with Crippen molar-refractivity contribution in [2.75, 3.05) is 4.90 Å². The van der Waals surface area contributed by atoms with E-state index in [0.717, 1.165) is 27.5 Å². The zero-order chi connectivity index (χ0) is 37.0. The minimum atomic E-state index is 1.06. The van der Waals surface area contributed by atoms with Crippen molar-refractivity contribution in [3.8, 4) is 66.8 Å². The summed E-state index contributed by atoms with van der Waals surface area (Å²) < 4.78 is 1.21. The van der Waals surface area contributed by atoms with Crippen molar-refractivity contribution in [1.29, 1.82) is 0 Å². The van der Waals surface area contributed by atoms with Crippen LogP contribution in [-0.4, -0.2) is 4.98 Å². The molecule has 0 unspecified atom stereocenters. The molecule has 11 rings (SSSR count). The van der Waals surface area contributed by atoms with Crippen LogP contribution in [-0.2, 0) is 0 Å². The molecular weight excluding hydrogens is 697 g/mol. The zero-order valence-corrected chi connectivity index (χ0v) is 31.2. The van der Waals surface area contributed by atoms with Crippen LogP contribution in [0, 0.1) is 0 Å². The van der Waals surface area contributed by atoms with Crippen molar-refractivity contribution >= 4 is 48.7 Å². The van der Waals surface area contributed by atoms with Crippen LogP contribution in [0.2, 0.25) is 0 Å². The smallest absolute Gasteiger partial charge is 0.124 e. The number of benzene rings is 8. The molecule has 3 heteroatoms. The molecule has 0 amide bonds. The Hall–Kier alpha value is -7.07. The third-order valence-corrected chi connectivity index (χ3v) is 12.2. The number of nitrogens with zero attached hydrogens (tertiary/aromatic N) is 2. The third-order valence-electron chi connectivity index (χ3n) is 11.1. The molecular formula is C53H34N2S. The van der Waals surface area contributed by atoms with E-state index < -0.39 is 0 Å². The van der Waals surface area contributed by atoms with Gasteiger partial charge in [-0.2, -0.15) is 0 Å². The van der Waals surface area contributed by atoms with E-state index in [1.165, 1.54) is 76.7 Å². The van der Waals surface area contributed by atoms with Crippen molar-refractivity contribution in [3.63, 3.8) is 0 Å². The van der Waals surface area contributed by atoms with Crippen molar-refractivity contribution in [2.45, 2.75) is 0 Å². The average Bonchev–Trinajstić information content (AvgIpc) is 3.65. The van der Waals surface area contributed by atoms with Gasteiger partial charge in [0.25, 0.3) is 0 Å². The summed E-state index contributed by atoms with van der Waals surface area (Å²) in [5.41, 5.74) is 17.9. The lowest BCUT2D eigenvalue weighted by Crippen LogP contribution is -2.12. The Morgan fingerprint density at radius 3 is 1.52 bits per heavy atom. The lowest BCUT2D eigenvalue weighted by Gasteiger charge is -2.30. The fraction of sp³-hybridized carbons (Fsp3) is 0. The first-order valence-corrected chi connectivity index (χ1v) is 19.9. The van der Waals surface area contributed by atoms with Gasteiger partial charge in [0, 0.05) is 38.6 Å². The quantitative estimate of drug-likeness (QED) is 0.175. The number of hydrogen-bond donors (Lipinski definition) is 0. The maximum atomic E-state index is 4.73. The van der Waals surface area contributed by atoms with Crippen LogP contribution in [0.5, 0.6) is 0 Å². The highest BCUT2D eigenvalue weighted by molar-refractivity contribution is 7.25. The van der Waals surface area contributed by atoms with E-state index >= 15 is 0 Å². The summed E-state index contributed by atoms with van der Waals surface area (Å²) in [6, 6.07) is 73.1. The van der Waals surface area contributed by atoms with E-state index in [1.54, 1.807) is 11.3 Å². The summed E-state index contributed by atoms with van der Waals surface area (Å²) in [5, 5.41) is 2.42. The molecule has 56 heavy (non-hydrogen) atoms. The molecule has 262 valence electrons. The number of aromatic nitrogens is 1. The van der Waals surface area contributed by atoms with Gasteiger partial charge in [-0.25, -0.2) is 4.98 Å². The first-order chi connectivity index (χ1) is 27.8. The number of rotatable bonds is 5. The van der Waals surface area contributed by atoms with Gasteiger partial charge in [0.1, 0.15) is 4.83 Å². The molecule has 0 atom stereocenters. The Labute approximate surface area is 330 Å². The number of pyridine rings is 1. The molecule has 8 aromatic carbocycles. The summed E-state index contributed by atoms with van der Waals surface area (Å²) in [7, 11) is 0. The first-order valence-electron chi connectivity index (χ1n) is 19.0. The number of thiophene rings is 1. The minimum Gasteiger partial charge on any atom is -0.310 e. The zero-order valence-electron chi connectivity index (χ0n) is 30.4. The van der Waals surface area contributed by atoms with E-state index in [2.05, 4.69) is 199 Å². The van der Waals surface area contributed by atoms with E-state index in [1.807, 2.05) is 12.3 Å². The highest BCUT2D eigenvalue weighted by atomic mass is 32.1. The average molecular weight is 731 g/mol. The Bertz CT molecular complexity index is 3080. The molecule has 0 radical (unpaired) electrons. The molecule has 2 aromatic heterocycles. The first kappa shape index (κ1) is 32.4. The Morgan fingerprint density at radius 2 is 0.875 bits per heavy atom. The summed E-state index contributed by atoms with van der Waals surface area (Å²) in [6.07, 6.45) is 1.89. The van der Waals surface area contributed by atoms with Gasteiger partial charge in [0.05, 0.1) is 5.69 Å². The van der Waals surface area contributed by atoms with Crippen molar-refractivity contribution < 1.29 is 0 Å². The van der Waals surface area contributed by atoms with Gasteiger partial charge in [-0.1, -0.05) is 152 Å². The van der Waals surface area contributed by atoms with Crippen molar-refractivity contribution in [3.05, 3.63) is 206 Å². The van der Waals surface area contributed by atoms with Crippen molar-refractivity contribution in [2.24, 2.45) is 0 Å². The SMILES string of the molecule is c1ccc(-c2ccc(N(c3ccc4c(c3)-c3ccccc3-c3ccccc3-c3ccccc3-4)c3ccc4c(c3)sc3ncccc34)c(-c3ccccc3)c2)cc1. The van der Waals surface area contributed by atoms with Gasteiger partial charge in [-0.15, -0.1) is 11.3 Å². The molecule has 0 saturated carbocycles. The minimum absolute atomic E-state index is 1.06. The summed E-state index contributed by atoms with van der Waals surface area (Å²) in [4.78, 5) is 8.24. The fourth-order valence-electron chi connectivity index (χ4n) is 8.54. The standard InChI is InChI=1S/C53H34N2S/c1-3-14-35(15-4-1)37-25-30-51(49(32-37)36-16-5-2-6-17-36)55(39-27-29-47-48-24-13-31-54-53(48)56-52(47)34-39)38-26-28-46-44-22-10-9-20-42(44)40-18-7-8-19-41(40)43-21-11-12-23-45(43)50(46)33-38/h1-34H. The maximum absolute atomic E-state index is 4.73. The van der Waals surface area contributed by atoms with Gasteiger partial charge >= 0.3 is 0 Å². The molecule has 2 heterocycles. The summed E-state index contributed by atoms with van der Waals surface area (Å²) in [6.45, 7) is 0. The molecule has 2 nitrogen and oxygen atoms in total. The van der Waals surface area contributed by atoms with Crippen LogP contribution >= 0.6 is 11.3 Å². The maximum Gasteiger partial charge on any atom is 0.124 e. The van der Waals surface area contributed by atoms with Crippen LogP contribution < -0.4 is 4.90 Å². The lowest BCUT2D eigenvalue weighted by atomic mass is 9.81. The van der Waals surface area contributed by atoms with E-state index in [4.69, 9.17) is 4.98 Å². The Balaban J connectivity index is 1.20. The second-order valence-corrected chi connectivity index (χ2v) is 15.3. The molecule has 1 aliphatic carbocycles. The fourth-order valence-corrected chi connectivity index (χ4v) is 9.62. The molecule has 0 saturated heterocycles. The van der Waals surface area contributed by atoms with Crippen molar-refractivity contribution in [1.82, 2.24) is 4.98 Å². The van der Waals surface area contributed by atoms with Crippen LogP contribution in [0.3, 0.4) is 0 Å². The number of hydrogen-bond acceptors (Lipinski definition) is 3. The van der Waals surface area contributed by atoms with Gasteiger partial charge in [0.2, 0.25) is 0 Å². The van der Waals surface area contributed by atoms with Crippen LogP contribution in [0.1, 0.15) is 0 Å². The highest BCUT2D eigenvalue weighted by Gasteiger charge is 2.25. The summed E-state index contributed by atoms with van der Waals surface area (Å²) in [5.74, 6) is 0. The molecule has 0 N–H and O–H groups in total. The second-order valence-electron chi connectivity index (χ2n) is 14.3. The largest absolute Gasteiger partial charge is 0.310 e. The van der Waals surface area contributed by atoms with E-state index in [9.17, 15) is 0 Å². The van der Waals surface area contributed by atoms with E-state index in [0.29, 0.717) is 0 Å². The monoisotopic (exact) mass is 730 g/mol. The molecule has 10 aromatic rings. The van der Waals surface area contributed by atoms with Crippen LogP contribution in [0.4, 0.5) is 17.1 Å². The third kappa shape index (κ3) is 5.36. The Kier molecular flexibility index (Phi) is 7.72. The normalized spacial score (nSPS) is 11.6. The lowest BCUT2D eigenvalue weighted by molar-refractivity contribution is 1.29. The van der Waals surface area contributed by atoms with Gasteiger partial charge in [0.15, 0.2) is 0 Å². The van der Waals surface area contributed by atoms with Crippen LogP contribution in [0.25, 0.3) is 87.1 Å². The summed E-state index contributed by atoms with van der Waals surface area (Å²) >= 11 is 1.75. The number of anilines is 3. The predicted molar refractivity (Wildman–Crippen MR) is 238 cm³/mol. The predicted octanol–water partition coefficient (Wildman–Crippen LogP) is 15.2. The van der Waals surface area contributed by atoms with Gasteiger partial charge in [-0.3, -0.25) is 0 Å². The molecule has 0 bridgehead atoms. The molecule has 1 aliphatic rings. The number of fused-ring (bicyclic) bond motifs is 11. The molecule has 0 fully saturated rings. The van der Waals surface area contributed by atoms with E-state index in [-0.39, 0.29) is 0 Å². The second kappa shape index (κ2) is 13.3. The van der Waals surface area contributed by atoms with Gasteiger partial charge in [-0.05, 0) is 110 Å². The molecule has 0 spiro atoms.